The zero-order chi connectivity index (χ0) is 13.8. The molecule has 1 aromatic rings. The fraction of sp³-hybridized carbons (Fsp3) is 0.467. The molecule has 3 rings (SSSR count). The van der Waals surface area contributed by atoms with E-state index < -0.39 is 0 Å². The van der Waals surface area contributed by atoms with Gasteiger partial charge in [-0.1, -0.05) is 13.0 Å². The molecule has 0 bridgehead atoms. The van der Waals surface area contributed by atoms with Crippen molar-refractivity contribution in [1.29, 1.82) is 0 Å². The molecule has 1 fully saturated rings. The highest BCUT2D eigenvalue weighted by Gasteiger charge is 2.53. The molecule has 2 aliphatic rings. The molecule has 1 unspecified atom stereocenters. The van der Waals surface area contributed by atoms with Crippen molar-refractivity contribution in [3.63, 3.8) is 0 Å². The summed E-state index contributed by atoms with van der Waals surface area (Å²) in [5, 5.41) is 9.89. The Kier molecular flexibility index (Phi) is 2.91. The first-order chi connectivity index (χ1) is 8.99. The first-order valence-electron chi connectivity index (χ1n) is 6.60. The number of hydrogen-bond donors (Lipinski definition) is 1. The number of aromatic hydroxyl groups is 1. The van der Waals surface area contributed by atoms with Crippen molar-refractivity contribution < 1.29 is 5.11 Å². The number of nitrogens with zero attached hydrogens (tertiary/aromatic N) is 2. The molecule has 3 nitrogen and oxygen atoms in total. The number of likely N-dealkylation sites (tertiary alicyclic amines) is 1. The van der Waals surface area contributed by atoms with Crippen molar-refractivity contribution in [3.05, 3.63) is 34.8 Å². The van der Waals surface area contributed by atoms with Gasteiger partial charge in [-0.3, -0.25) is 4.90 Å². The number of halogens is 1. The molecule has 1 saturated heterocycles. The lowest BCUT2D eigenvalue weighted by Crippen LogP contribution is -2.47. The Morgan fingerprint density at radius 2 is 2.32 bits per heavy atom. The standard InChI is InChI=1S/C15H19BrN2O/c1-4-6-18-7-5-15(2)11-8-10(19)9-12(16)13(11)17(3)14(15)18/h4,8-9,14,19H,1,5-7H2,2-3H3/t14?,15-/m0/s1. The van der Waals surface area contributed by atoms with Crippen LogP contribution in [-0.4, -0.2) is 36.3 Å². The van der Waals surface area contributed by atoms with Crippen LogP contribution in [0.5, 0.6) is 5.75 Å². The molecule has 2 atom stereocenters. The number of phenols is 1. The number of anilines is 1. The van der Waals surface area contributed by atoms with Crippen molar-refractivity contribution in [3.8, 4) is 5.75 Å². The molecular formula is C15H19BrN2O. The van der Waals surface area contributed by atoms with Gasteiger partial charge in [-0.15, -0.1) is 6.58 Å². The van der Waals surface area contributed by atoms with Crippen molar-refractivity contribution in [2.45, 2.75) is 24.9 Å². The van der Waals surface area contributed by atoms with E-state index in [1.165, 1.54) is 11.3 Å². The molecule has 1 N–H and O–H groups in total. The maximum absolute atomic E-state index is 9.89. The van der Waals surface area contributed by atoms with E-state index >= 15 is 0 Å². The lowest BCUT2D eigenvalue weighted by Gasteiger charge is -2.34. The van der Waals surface area contributed by atoms with Crippen LogP contribution in [0.25, 0.3) is 0 Å². The van der Waals surface area contributed by atoms with E-state index in [0.29, 0.717) is 11.9 Å². The SMILES string of the molecule is C=CCN1CC[C@@]2(C)c3cc(O)cc(Br)c3N(C)C12. The van der Waals surface area contributed by atoms with Gasteiger partial charge in [-0.25, -0.2) is 0 Å². The average molecular weight is 323 g/mol. The van der Waals surface area contributed by atoms with Crippen LogP contribution in [0, 0.1) is 0 Å². The first-order valence-corrected chi connectivity index (χ1v) is 7.39. The second-order valence-corrected chi connectivity index (χ2v) is 6.61. The molecule has 0 spiro atoms. The molecule has 19 heavy (non-hydrogen) atoms. The zero-order valence-electron chi connectivity index (χ0n) is 11.4. The zero-order valence-corrected chi connectivity index (χ0v) is 12.9. The van der Waals surface area contributed by atoms with E-state index in [2.05, 4.69) is 46.3 Å². The van der Waals surface area contributed by atoms with Crippen LogP contribution in [0.2, 0.25) is 0 Å². The summed E-state index contributed by atoms with van der Waals surface area (Å²) in [5.74, 6) is 0.336. The van der Waals surface area contributed by atoms with Crippen molar-refractivity contribution in [2.24, 2.45) is 0 Å². The van der Waals surface area contributed by atoms with Crippen molar-refractivity contribution in [1.82, 2.24) is 4.90 Å². The fourth-order valence-corrected chi connectivity index (χ4v) is 4.56. The van der Waals surface area contributed by atoms with Crippen LogP contribution in [0.3, 0.4) is 0 Å². The maximum Gasteiger partial charge on any atom is 0.117 e. The van der Waals surface area contributed by atoms with Crippen molar-refractivity contribution >= 4 is 21.6 Å². The predicted octanol–water partition coefficient (Wildman–Crippen LogP) is 3.08. The van der Waals surface area contributed by atoms with Crippen molar-refractivity contribution in [2.75, 3.05) is 25.0 Å². The van der Waals surface area contributed by atoms with Crippen LogP contribution < -0.4 is 4.90 Å². The molecule has 2 aliphatic heterocycles. The minimum absolute atomic E-state index is 0.0777. The lowest BCUT2D eigenvalue weighted by atomic mass is 9.81. The van der Waals surface area contributed by atoms with Gasteiger partial charge < -0.3 is 10.0 Å². The summed E-state index contributed by atoms with van der Waals surface area (Å²) in [7, 11) is 2.14. The third kappa shape index (κ3) is 1.66. The molecule has 2 heterocycles. The van der Waals surface area contributed by atoms with E-state index in [1.54, 1.807) is 6.07 Å². The summed E-state index contributed by atoms with van der Waals surface area (Å²) in [6, 6.07) is 3.70. The third-order valence-corrected chi connectivity index (χ3v) is 5.19. The van der Waals surface area contributed by atoms with Gasteiger partial charge >= 0.3 is 0 Å². The van der Waals surface area contributed by atoms with Gasteiger partial charge in [0.25, 0.3) is 0 Å². The Hall–Kier alpha value is -1.00. The van der Waals surface area contributed by atoms with E-state index in [1.807, 2.05) is 12.1 Å². The molecule has 4 heteroatoms. The minimum Gasteiger partial charge on any atom is -0.508 e. The number of benzene rings is 1. The van der Waals surface area contributed by atoms with Crippen LogP contribution >= 0.6 is 15.9 Å². The Bertz CT molecular complexity index is 545. The van der Waals surface area contributed by atoms with Crippen LogP contribution in [0.4, 0.5) is 5.69 Å². The van der Waals surface area contributed by atoms with Crippen LogP contribution in [-0.2, 0) is 5.41 Å². The van der Waals surface area contributed by atoms with Crippen LogP contribution in [0.15, 0.2) is 29.3 Å². The monoisotopic (exact) mass is 322 g/mol. The molecular weight excluding hydrogens is 304 g/mol. The van der Waals surface area contributed by atoms with Gasteiger partial charge in [0.05, 0.1) is 11.9 Å². The van der Waals surface area contributed by atoms with Gasteiger partial charge in [0.15, 0.2) is 0 Å². The normalized spacial score (nSPS) is 29.4. The van der Waals surface area contributed by atoms with E-state index in [4.69, 9.17) is 0 Å². The molecule has 0 aromatic heterocycles. The highest BCUT2D eigenvalue weighted by Crippen LogP contribution is 2.54. The number of hydrogen-bond acceptors (Lipinski definition) is 3. The minimum atomic E-state index is 0.0777. The number of fused-ring (bicyclic) bond motifs is 3. The topological polar surface area (TPSA) is 26.7 Å². The predicted molar refractivity (Wildman–Crippen MR) is 81.7 cm³/mol. The second kappa shape index (κ2) is 4.25. The van der Waals surface area contributed by atoms with E-state index in [0.717, 1.165) is 24.0 Å². The summed E-state index contributed by atoms with van der Waals surface area (Å²) in [6.07, 6.45) is 3.42. The molecule has 0 amide bonds. The average Bonchev–Trinajstić information content (AvgIpc) is 2.76. The number of rotatable bonds is 2. The molecule has 0 saturated carbocycles. The second-order valence-electron chi connectivity index (χ2n) is 5.76. The highest BCUT2D eigenvalue weighted by atomic mass is 79.9. The Morgan fingerprint density at radius 1 is 1.58 bits per heavy atom. The largest absolute Gasteiger partial charge is 0.508 e. The third-order valence-electron chi connectivity index (χ3n) is 4.58. The summed E-state index contributed by atoms with van der Waals surface area (Å²) in [5.41, 5.74) is 2.53. The van der Waals surface area contributed by atoms with Gasteiger partial charge in [0.1, 0.15) is 5.75 Å². The summed E-state index contributed by atoms with van der Waals surface area (Å²) in [4.78, 5) is 4.78. The van der Waals surface area contributed by atoms with Crippen LogP contribution in [0.1, 0.15) is 18.9 Å². The molecule has 0 radical (unpaired) electrons. The van der Waals surface area contributed by atoms with E-state index in [9.17, 15) is 5.11 Å². The number of likely N-dealkylation sites (N-methyl/N-ethyl adjacent to an activating group) is 1. The summed E-state index contributed by atoms with van der Waals surface area (Å²) < 4.78 is 0.971. The lowest BCUT2D eigenvalue weighted by molar-refractivity contribution is 0.245. The Morgan fingerprint density at radius 3 is 3.00 bits per heavy atom. The van der Waals surface area contributed by atoms with Gasteiger partial charge in [0, 0.05) is 30.0 Å². The smallest absolute Gasteiger partial charge is 0.117 e. The van der Waals surface area contributed by atoms with Gasteiger partial charge in [-0.2, -0.15) is 0 Å². The quantitative estimate of drug-likeness (QED) is 0.848. The summed E-state index contributed by atoms with van der Waals surface area (Å²) in [6.45, 7) is 8.14. The Labute approximate surface area is 122 Å². The molecule has 0 aliphatic carbocycles. The fourth-order valence-electron chi connectivity index (χ4n) is 3.83. The molecule has 102 valence electrons. The first kappa shape index (κ1) is 13.0. The van der Waals surface area contributed by atoms with E-state index in [-0.39, 0.29) is 5.41 Å². The Balaban J connectivity index is 2.14. The maximum atomic E-state index is 9.89. The highest BCUT2D eigenvalue weighted by molar-refractivity contribution is 9.10. The number of phenolic OH excluding ortho intramolecular Hbond substituents is 1. The summed E-state index contributed by atoms with van der Waals surface area (Å²) >= 11 is 3.59. The van der Waals surface area contributed by atoms with Gasteiger partial charge in [-0.05, 0) is 40.0 Å². The van der Waals surface area contributed by atoms with Gasteiger partial charge in [0.2, 0.25) is 0 Å². The molecule has 1 aromatic carbocycles.